The maximum atomic E-state index is 12.2. The maximum absolute atomic E-state index is 12.2. The van der Waals surface area contributed by atoms with Gasteiger partial charge in [0.1, 0.15) is 11.6 Å². The average Bonchev–Trinajstić information content (AvgIpc) is 2.38. The van der Waals surface area contributed by atoms with Gasteiger partial charge in [-0.25, -0.2) is 4.98 Å². The van der Waals surface area contributed by atoms with E-state index in [-0.39, 0.29) is 5.78 Å². The van der Waals surface area contributed by atoms with E-state index in [4.69, 9.17) is 10.5 Å². The summed E-state index contributed by atoms with van der Waals surface area (Å²) >= 11 is 0. The van der Waals surface area contributed by atoms with E-state index in [0.29, 0.717) is 22.7 Å². The number of pyridine rings is 1. The van der Waals surface area contributed by atoms with Crippen LogP contribution in [0.15, 0.2) is 42.6 Å². The Balaban J connectivity index is 2.44. The van der Waals surface area contributed by atoms with Crippen LogP contribution in [0.5, 0.6) is 5.75 Å². The number of nitrogen functional groups attached to an aromatic ring is 1. The van der Waals surface area contributed by atoms with Gasteiger partial charge < -0.3 is 10.5 Å². The highest BCUT2D eigenvalue weighted by atomic mass is 16.5. The fourth-order valence-corrected chi connectivity index (χ4v) is 1.58. The molecule has 17 heavy (non-hydrogen) atoms. The molecule has 0 radical (unpaired) electrons. The van der Waals surface area contributed by atoms with Gasteiger partial charge in [0.15, 0.2) is 5.78 Å². The first-order chi connectivity index (χ1) is 8.22. The molecule has 2 aromatic rings. The van der Waals surface area contributed by atoms with Crippen molar-refractivity contribution in [2.24, 2.45) is 0 Å². The number of hydrogen-bond donors (Lipinski definition) is 1. The van der Waals surface area contributed by atoms with Crippen LogP contribution in [0.25, 0.3) is 0 Å². The number of para-hydroxylation sites is 1. The van der Waals surface area contributed by atoms with E-state index in [1.807, 2.05) is 6.07 Å². The van der Waals surface area contributed by atoms with E-state index in [1.54, 1.807) is 30.3 Å². The molecule has 1 heterocycles. The SMILES string of the molecule is COc1ccccc1C(=O)c1ccnc(N)c1. The van der Waals surface area contributed by atoms with E-state index in [1.165, 1.54) is 13.3 Å². The Morgan fingerprint density at radius 2 is 2.06 bits per heavy atom. The summed E-state index contributed by atoms with van der Waals surface area (Å²) in [6.45, 7) is 0. The second kappa shape index (κ2) is 4.65. The van der Waals surface area contributed by atoms with Crippen LogP contribution in [0.2, 0.25) is 0 Å². The minimum absolute atomic E-state index is 0.128. The Bertz CT molecular complexity index is 553. The van der Waals surface area contributed by atoms with Crippen LogP contribution in [0.4, 0.5) is 5.82 Å². The third kappa shape index (κ3) is 2.25. The summed E-state index contributed by atoms with van der Waals surface area (Å²) in [7, 11) is 1.53. The lowest BCUT2D eigenvalue weighted by atomic mass is 10.0. The van der Waals surface area contributed by atoms with Gasteiger partial charge in [0.25, 0.3) is 0 Å². The van der Waals surface area contributed by atoms with Crippen molar-refractivity contribution < 1.29 is 9.53 Å². The van der Waals surface area contributed by atoms with Gasteiger partial charge in [-0.2, -0.15) is 0 Å². The summed E-state index contributed by atoms with van der Waals surface area (Å²) in [5, 5.41) is 0. The average molecular weight is 228 g/mol. The van der Waals surface area contributed by atoms with Gasteiger partial charge >= 0.3 is 0 Å². The molecule has 0 bridgehead atoms. The second-order valence-electron chi connectivity index (χ2n) is 3.50. The fourth-order valence-electron chi connectivity index (χ4n) is 1.58. The van der Waals surface area contributed by atoms with Crippen LogP contribution in [-0.2, 0) is 0 Å². The number of nitrogens with zero attached hydrogens (tertiary/aromatic N) is 1. The quantitative estimate of drug-likeness (QED) is 0.815. The maximum Gasteiger partial charge on any atom is 0.196 e. The van der Waals surface area contributed by atoms with Gasteiger partial charge in [-0.15, -0.1) is 0 Å². The molecule has 2 rings (SSSR count). The summed E-state index contributed by atoms with van der Waals surface area (Å²) < 4.78 is 5.15. The van der Waals surface area contributed by atoms with Gasteiger partial charge in [-0.3, -0.25) is 4.79 Å². The number of ketones is 1. The van der Waals surface area contributed by atoms with Crippen molar-refractivity contribution in [3.63, 3.8) is 0 Å². The molecule has 1 aromatic carbocycles. The smallest absolute Gasteiger partial charge is 0.196 e. The standard InChI is InChI=1S/C13H12N2O2/c1-17-11-5-3-2-4-10(11)13(16)9-6-7-15-12(14)8-9/h2-8H,1H3,(H2,14,15). The summed E-state index contributed by atoms with van der Waals surface area (Å²) in [6, 6.07) is 10.3. The van der Waals surface area contributed by atoms with Crippen molar-refractivity contribution in [3.8, 4) is 5.75 Å². The number of methoxy groups -OCH3 is 1. The second-order valence-corrected chi connectivity index (χ2v) is 3.50. The Morgan fingerprint density at radius 3 is 2.76 bits per heavy atom. The number of nitrogens with two attached hydrogens (primary N) is 1. The molecule has 4 nitrogen and oxygen atoms in total. The van der Waals surface area contributed by atoms with E-state index in [0.717, 1.165) is 0 Å². The van der Waals surface area contributed by atoms with Crippen LogP contribution in [0, 0.1) is 0 Å². The van der Waals surface area contributed by atoms with Gasteiger partial charge in [0, 0.05) is 11.8 Å². The van der Waals surface area contributed by atoms with Gasteiger partial charge in [0.2, 0.25) is 0 Å². The Kier molecular flexibility index (Phi) is 3.05. The van der Waals surface area contributed by atoms with Gasteiger partial charge in [-0.1, -0.05) is 12.1 Å². The minimum atomic E-state index is -0.128. The predicted octanol–water partition coefficient (Wildman–Crippen LogP) is 1.90. The lowest BCUT2D eigenvalue weighted by Gasteiger charge is -2.07. The van der Waals surface area contributed by atoms with Crippen molar-refractivity contribution in [3.05, 3.63) is 53.7 Å². The number of carbonyl (C=O) groups excluding carboxylic acids is 1. The lowest BCUT2D eigenvalue weighted by molar-refractivity contribution is 0.103. The van der Waals surface area contributed by atoms with Crippen LogP contribution < -0.4 is 10.5 Å². The number of benzene rings is 1. The summed E-state index contributed by atoms with van der Waals surface area (Å²) in [4.78, 5) is 16.1. The number of anilines is 1. The molecule has 0 saturated heterocycles. The molecule has 0 amide bonds. The molecule has 0 fully saturated rings. The largest absolute Gasteiger partial charge is 0.496 e. The first-order valence-electron chi connectivity index (χ1n) is 5.11. The van der Waals surface area contributed by atoms with E-state index >= 15 is 0 Å². The fraction of sp³-hybridized carbons (Fsp3) is 0.0769. The number of aromatic nitrogens is 1. The summed E-state index contributed by atoms with van der Waals surface area (Å²) in [6.07, 6.45) is 1.51. The predicted molar refractivity (Wildman–Crippen MR) is 65.1 cm³/mol. The number of hydrogen-bond acceptors (Lipinski definition) is 4. The zero-order valence-electron chi connectivity index (χ0n) is 9.38. The molecule has 4 heteroatoms. The van der Waals surface area contributed by atoms with E-state index < -0.39 is 0 Å². The molecule has 0 saturated carbocycles. The van der Waals surface area contributed by atoms with Crippen molar-refractivity contribution in [2.45, 2.75) is 0 Å². The molecule has 0 spiro atoms. The summed E-state index contributed by atoms with van der Waals surface area (Å²) in [5.41, 5.74) is 6.57. The van der Waals surface area contributed by atoms with Gasteiger partial charge in [0.05, 0.1) is 12.7 Å². The topological polar surface area (TPSA) is 65.2 Å². The molecule has 0 aliphatic carbocycles. The molecule has 2 N–H and O–H groups in total. The van der Waals surface area contributed by atoms with Crippen LogP contribution in [0.3, 0.4) is 0 Å². The molecular weight excluding hydrogens is 216 g/mol. The Hall–Kier alpha value is -2.36. The normalized spacial score (nSPS) is 9.94. The first-order valence-corrected chi connectivity index (χ1v) is 5.11. The van der Waals surface area contributed by atoms with Crippen LogP contribution in [-0.4, -0.2) is 17.9 Å². The van der Waals surface area contributed by atoms with Crippen LogP contribution in [0.1, 0.15) is 15.9 Å². The number of ether oxygens (including phenoxy) is 1. The highest BCUT2D eigenvalue weighted by Crippen LogP contribution is 2.21. The molecule has 86 valence electrons. The zero-order valence-corrected chi connectivity index (χ0v) is 9.38. The van der Waals surface area contributed by atoms with E-state index in [9.17, 15) is 4.79 Å². The highest BCUT2D eigenvalue weighted by Gasteiger charge is 2.13. The third-order valence-corrected chi connectivity index (χ3v) is 2.39. The molecule has 0 aliphatic heterocycles. The minimum Gasteiger partial charge on any atom is -0.496 e. The molecular formula is C13H12N2O2. The lowest BCUT2D eigenvalue weighted by Crippen LogP contribution is -2.05. The molecule has 0 aliphatic rings. The Labute approximate surface area is 99.1 Å². The van der Waals surface area contributed by atoms with Crippen molar-refractivity contribution in [1.82, 2.24) is 4.98 Å². The third-order valence-electron chi connectivity index (χ3n) is 2.39. The van der Waals surface area contributed by atoms with Crippen LogP contribution >= 0.6 is 0 Å². The highest BCUT2D eigenvalue weighted by molar-refractivity contribution is 6.10. The van der Waals surface area contributed by atoms with Crippen molar-refractivity contribution >= 4 is 11.6 Å². The molecule has 1 aromatic heterocycles. The molecule has 0 atom stereocenters. The summed E-state index contributed by atoms with van der Waals surface area (Å²) in [5.74, 6) is 0.746. The van der Waals surface area contributed by atoms with E-state index in [2.05, 4.69) is 4.98 Å². The first kappa shape index (κ1) is 11.1. The Morgan fingerprint density at radius 1 is 1.29 bits per heavy atom. The molecule has 0 unspecified atom stereocenters. The monoisotopic (exact) mass is 228 g/mol. The number of carbonyl (C=O) groups is 1. The van der Waals surface area contributed by atoms with Gasteiger partial charge in [-0.05, 0) is 24.3 Å². The van der Waals surface area contributed by atoms with Crippen molar-refractivity contribution in [1.29, 1.82) is 0 Å². The van der Waals surface area contributed by atoms with Crippen molar-refractivity contribution in [2.75, 3.05) is 12.8 Å². The zero-order chi connectivity index (χ0) is 12.3. The number of rotatable bonds is 3.